The number of nitrogens with one attached hydrogen (secondary N) is 1. The lowest BCUT2D eigenvalue weighted by Crippen LogP contribution is -2.27. The van der Waals surface area contributed by atoms with E-state index in [0.29, 0.717) is 35.7 Å². The molecule has 6 nitrogen and oxygen atoms in total. The van der Waals surface area contributed by atoms with Gasteiger partial charge in [0.05, 0.1) is 10.8 Å². The number of methoxy groups -OCH3 is 1. The third kappa shape index (κ3) is 6.56. The summed E-state index contributed by atoms with van der Waals surface area (Å²) in [6, 6.07) is 15.8. The highest BCUT2D eigenvalue weighted by Gasteiger charge is 2.17. The number of aromatic nitrogens is 3. The molecular formula is C23H27ClN4O2S. The van der Waals surface area contributed by atoms with Crippen molar-refractivity contribution >= 4 is 29.3 Å². The van der Waals surface area contributed by atoms with Crippen molar-refractivity contribution in [1.82, 2.24) is 20.1 Å². The second kappa shape index (κ2) is 11.9. The quantitative estimate of drug-likeness (QED) is 0.341. The van der Waals surface area contributed by atoms with Crippen LogP contribution in [0.1, 0.15) is 17.5 Å². The zero-order valence-electron chi connectivity index (χ0n) is 17.8. The lowest BCUT2D eigenvalue weighted by molar-refractivity contribution is -0.118. The van der Waals surface area contributed by atoms with Crippen molar-refractivity contribution in [3.8, 4) is 11.4 Å². The summed E-state index contributed by atoms with van der Waals surface area (Å²) in [5.41, 5.74) is 3.31. The maximum Gasteiger partial charge on any atom is 0.230 e. The zero-order valence-corrected chi connectivity index (χ0v) is 19.4. The summed E-state index contributed by atoms with van der Waals surface area (Å²) < 4.78 is 7.19. The minimum absolute atomic E-state index is 0.0238. The van der Waals surface area contributed by atoms with Gasteiger partial charge in [0.15, 0.2) is 11.0 Å². The van der Waals surface area contributed by atoms with Crippen molar-refractivity contribution in [1.29, 1.82) is 0 Å². The molecule has 0 aliphatic rings. The van der Waals surface area contributed by atoms with Gasteiger partial charge in [-0.2, -0.15) is 0 Å². The summed E-state index contributed by atoms with van der Waals surface area (Å²) >= 11 is 7.75. The van der Waals surface area contributed by atoms with Crippen molar-refractivity contribution in [2.45, 2.75) is 31.5 Å². The van der Waals surface area contributed by atoms with E-state index in [1.54, 1.807) is 7.11 Å². The molecule has 2 aromatic carbocycles. The highest BCUT2D eigenvalue weighted by molar-refractivity contribution is 7.99. The molecule has 0 saturated carbocycles. The Balaban J connectivity index is 1.61. The number of ether oxygens (including phenoxy) is 1. The number of rotatable bonds is 11. The molecule has 1 amide bonds. The van der Waals surface area contributed by atoms with Crippen LogP contribution in [-0.2, 0) is 22.5 Å². The van der Waals surface area contributed by atoms with E-state index in [2.05, 4.69) is 34.6 Å². The fraction of sp³-hybridized carbons (Fsp3) is 0.348. The molecule has 0 unspecified atom stereocenters. The van der Waals surface area contributed by atoms with Crippen LogP contribution >= 0.6 is 23.4 Å². The SMILES string of the molecule is COCCCn1c(SCC(=O)NCCc2ccccc2C)nnc1-c1ccccc1Cl. The number of carbonyl (C=O) groups is 1. The number of carbonyl (C=O) groups excluding carboxylic acids is 1. The van der Waals surface area contributed by atoms with Crippen molar-refractivity contribution in [2.75, 3.05) is 26.0 Å². The Kier molecular flexibility index (Phi) is 8.94. The van der Waals surface area contributed by atoms with Gasteiger partial charge in [-0.3, -0.25) is 4.79 Å². The fourth-order valence-corrected chi connectivity index (χ4v) is 4.23. The zero-order chi connectivity index (χ0) is 22.1. The van der Waals surface area contributed by atoms with Gasteiger partial charge < -0.3 is 14.6 Å². The summed E-state index contributed by atoms with van der Waals surface area (Å²) in [7, 11) is 1.68. The molecule has 1 aromatic heterocycles. The molecule has 0 aliphatic heterocycles. The summed E-state index contributed by atoms with van der Waals surface area (Å²) in [5.74, 6) is 0.951. The van der Waals surface area contributed by atoms with E-state index in [1.807, 2.05) is 41.0 Å². The van der Waals surface area contributed by atoms with Crippen LogP contribution in [0.25, 0.3) is 11.4 Å². The van der Waals surface area contributed by atoms with E-state index < -0.39 is 0 Å². The van der Waals surface area contributed by atoms with Gasteiger partial charge in [0.25, 0.3) is 0 Å². The first-order valence-corrected chi connectivity index (χ1v) is 11.6. The lowest BCUT2D eigenvalue weighted by atomic mass is 10.1. The second-order valence-electron chi connectivity index (χ2n) is 7.10. The van der Waals surface area contributed by atoms with Gasteiger partial charge in [0.1, 0.15) is 0 Å². The second-order valence-corrected chi connectivity index (χ2v) is 8.45. The molecule has 31 heavy (non-hydrogen) atoms. The van der Waals surface area contributed by atoms with Gasteiger partial charge in [-0.1, -0.05) is 59.8 Å². The number of hydrogen-bond acceptors (Lipinski definition) is 5. The molecular weight excluding hydrogens is 432 g/mol. The minimum atomic E-state index is -0.0238. The largest absolute Gasteiger partial charge is 0.385 e. The van der Waals surface area contributed by atoms with Gasteiger partial charge in [0.2, 0.25) is 5.91 Å². The maximum atomic E-state index is 12.4. The Morgan fingerprint density at radius 2 is 1.94 bits per heavy atom. The number of amides is 1. The van der Waals surface area contributed by atoms with Crippen LogP contribution < -0.4 is 5.32 Å². The van der Waals surface area contributed by atoms with Crippen molar-refractivity contribution in [3.05, 3.63) is 64.7 Å². The van der Waals surface area contributed by atoms with Gasteiger partial charge >= 0.3 is 0 Å². The summed E-state index contributed by atoms with van der Waals surface area (Å²) in [5, 5.41) is 13.0. The third-order valence-corrected chi connectivity index (χ3v) is 6.17. The van der Waals surface area contributed by atoms with Crippen LogP contribution in [0, 0.1) is 6.92 Å². The van der Waals surface area contributed by atoms with Crippen molar-refractivity contribution < 1.29 is 9.53 Å². The Hall–Kier alpha value is -2.35. The van der Waals surface area contributed by atoms with E-state index in [0.717, 1.165) is 18.4 Å². The van der Waals surface area contributed by atoms with Crippen molar-refractivity contribution in [2.24, 2.45) is 0 Å². The number of thioether (sulfide) groups is 1. The van der Waals surface area contributed by atoms with Crippen LogP contribution in [0.15, 0.2) is 53.7 Å². The average Bonchev–Trinajstić information content (AvgIpc) is 3.16. The molecule has 0 spiro atoms. The summed E-state index contributed by atoms with van der Waals surface area (Å²) in [6.45, 7) is 4.00. The molecule has 0 radical (unpaired) electrons. The highest BCUT2D eigenvalue weighted by Crippen LogP contribution is 2.29. The summed E-state index contributed by atoms with van der Waals surface area (Å²) in [6.07, 6.45) is 1.62. The van der Waals surface area contributed by atoms with Gasteiger partial charge in [0, 0.05) is 32.4 Å². The normalized spacial score (nSPS) is 10.9. The molecule has 3 aromatic rings. The van der Waals surface area contributed by atoms with E-state index in [4.69, 9.17) is 16.3 Å². The molecule has 0 saturated heterocycles. The number of benzene rings is 2. The van der Waals surface area contributed by atoms with E-state index in [-0.39, 0.29) is 11.7 Å². The Morgan fingerprint density at radius 3 is 2.71 bits per heavy atom. The van der Waals surface area contributed by atoms with Gasteiger partial charge in [-0.25, -0.2) is 0 Å². The first-order chi connectivity index (χ1) is 15.1. The summed E-state index contributed by atoms with van der Waals surface area (Å²) in [4.78, 5) is 12.4. The maximum absolute atomic E-state index is 12.4. The average molecular weight is 459 g/mol. The monoisotopic (exact) mass is 458 g/mol. The predicted molar refractivity (Wildman–Crippen MR) is 126 cm³/mol. The Morgan fingerprint density at radius 1 is 1.16 bits per heavy atom. The fourth-order valence-electron chi connectivity index (χ4n) is 3.21. The molecule has 0 aliphatic carbocycles. The Labute approximate surface area is 192 Å². The molecule has 1 heterocycles. The first-order valence-electron chi connectivity index (χ1n) is 10.2. The minimum Gasteiger partial charge on any atom is -0.385 e. The van der Waals surface area contributed by atoms with Crippen LogP contribution in [0.2, 0.25) is 5.02 Å². The Bertz CT molecular complexity index is 1010. The third-order valence-electron chi connectivity index (χ3n) is 4.87. The smallest absolute Gasteiger partial charge is 0.230 e. The first kappa shape index (κ1) is 23.3. The van der Waals surface area contributed by atoms with Crippen LogP contribution in [-0.4, -0.2) is 46.7 Å². The van der Waals surface area contributed by atoms with Crippen LogP contribution in [0.3, 0.4) is 0 Å². The van der Waals surface area contributed by atoms with Crippen LogP contribution in [0.4, 0.5) is 0 Å². The molecule has 0 bridgehead atoms. The number of halogens is 1. The molecule has 1 N–H and O–H groups in total. The van der Waals surface area contributed by atoms with Gasteiger partial charge in [-0.15, -0.1) is 10.2 Å². The molecule has 8 heteroatoms. The molecule has 0 atom stereocenters. The lowest BCUT2D eigenvalue weighted by Gasteiger charge is -2.11. The number of nitrogens with zero attached hydrogens (tertiary/aromatic N) is 3. The predicted octanol–water partition coefficient (Wildman–Crippen LogP) is 4.39. The number of hydrogen-bond donors (Lipinski definition) is 1. The topological polar surface area (TPSA) is 69.0 Å². The molecule has 164 valence electrons. The highest BCUT2D eigenvalue weighted by atomic mass is 35.5. The number of aryl methyl sites for hydroxylation is 1. The standard InChI is InChI=1S/C23H27ClN4O2S/c1-17-8-3-4-9-18(17)12-13-25-21(29)16-31-23-27-26-22(28(23)14-7-15-30-2)19-10-5-6-11-20(19)24/h3-6,8-11H,7,12-16H2,1-2H3,(H,25,29). The van der Waals surface area contributed by atoms with E-state index in [1.165, 1.54) is 22.9 Å². The van der Waals surface area contributed by atoms with Crippen LogP contribution in [0.5, 0.6) is 0 Å². The van der Waals surface area contributed by atoms with Gasteiger partial charge in [-0.05, 0) is 43.0 Å². The van der Waals surface area contributed by atoms with Crippen molar-refractivity contribution in [3.63, 3.8) is 0 Å². The molecule has 3 rings (SSSR count). The van der Waals surface area contributed by atoms with E-state index in [9.17, 15) is 4.79 Å². The molecule has 0 fully saturated rings. The van der Waals surface area contributed by atoms with E-state index >= 15 is 0 Å².